The molecule has 0 aliphatic carbocycles. The third kappa shape index (κ3) is 4.40. The van der Waals surface area contributed by atoms with E-state index in [-0.39, 0.29) is 17.7 Å². The van der Waals surface area contributed by atoms with E-state index in [0.29, 0.717) is 10.7 Å². The van der Waals surface area contributed by atoms with Crippen LogP contribution in [0.5, 0.6) is 0 Å². The quantitative estimate of drug-likeness (QED) is 0.289. The van der Waals surface area contributed by atoms with E-state index in [4.69, 9.17) is 11.6 Å². The summed E-state index contributed by atoms with van der Waals surface area (Å²) in [6.07, 6.45) is -0.209. The number of hydrogen-bond acceptors (Lipinski definition) is 5. The first-order chi connectivity index (χ1) is 16.3. The first-order valence-corrected chi connectivity index (χ1v) is 10.9. The van der Waals surface area contributed by atoms with Crippen molar-refractivity contribution in [1.29, 1.82) is 0 Å². The first kappa shape index (κ1) is 23.1. The van der Waals surface area contributed by atoms with Gasteiger partial charge in [0.2, 0.25) is 5.91 Å². The number of nitro groups is 1. The SMILES string of the molecule is CC(c1ccccc1)N(C(=O)c1cccc([N+](=O)[O-])c1)C1CC(=O)N(c2ccc(Cl)cc2)C1=O. The molecule has 0 saturated carbocycles. The molecule has 0 spiro atoms. The van der Waals surface area contributed by atoms with Crippen molar-refractivity contribution in [1.82, 2.24) is 4.90 Å². The second-order valence-electron chi connectivity index (χ2n) is 7.87. The van der Waals surface area contributed by atoms with Crippen molar-refractivity contribution < 1.29 is 19.3 Å². The van der Waals surface area contributed by atoms with Gasteiger partial charge in [0.05, 0.1) is 23.1 Å². The van der Waals surface area contributed by atoms with E-state index in [0.717, 1.165) is 10.5 Å². The number of rotatable bonds is 6. The van der Waals surface area contributed by atoms with E-state index in [9.17, 15) is 24.5 Å². The van der Waals surface area contributed by atoms with E-state index in [1.807, 2.05) is 30.3 Å². The topological polar surface area (TPSA) is 101 Å². The Morgan fingerprint density at radius 3 is 2.38 bits per heavy atom. The van der Waals surface area contributed by atoms with Crippen LogP contribution in [0.3, 0.4) is 0 Å². The minimum atomic E-state index is -1.08. The van der Waals surface area contributed by atoms with E-state index in [2.05, 4.69) is 0 Å². The third-order valence-corrected chi connectivity index (χ3v) is 6.03. The highest BCUT2D eigenvalue weighted by Gasteiger charge is 2.46. The lowest BCUT2D eigenvalue weighted by Crippen LogP contribution is -2.46. The lowest BCUT2D eigenvalue weighted by atomic mass is 10.0. The van der Waals surface area contributed by atoms with Crippen LogP contribution in [0.2, 0.25) is 5.02 Å². The number of amides is 3. The molecule has 1 fully saturated rings. The summed E-state index contributed by atoms with van der Waals surface area (Å²) in [4.78, 5) is 53.1. The molecule has 1 aliphatic heterocycles. The molecule has 1 aliphatic rings. The summed E-state index contributed by atoms with van der Waals surface area (Å²) in [5, 5.41) is 11.7. The molecule has 8 nitrogen and oxygen atoms in total. The molecule has 1 saturated heterocycles. The van der Waals surface area contributed by atoms with Crippen molar-refractivity contribution in [3.05, 3.63) is 105 Å². The zero-order valence-corrected chi connectivity index (χ0v) is 18.9. The predicted molar refractivity (Wildman–Crippen MR) is 126 cm³/mol. The van der Waals surface area contributed by atoms with Crippen LogP contribution in [-0.2, 0) is 9.59 Å². The Balaban J connectivity index is 1.75. The molecule has 3 aromatic rings. The van der Waals surface area contributed by atoms with Crippen LogP contribution in [0.15, 0.2) is 78.9 Å². The van der Waals surface area contributed by atoms with Crippen LogP contribution in [0.1, 0.15) is 35.3 Å². The maximum Gasteiger partial charge on any atom is 0.270 e. The molecule has 3 amide bonds. The van der Waals surface area contributed by atoms with Crippen LogP contribution in [0.4, 0.5) is 11.4 Å². The maximum absolute atomic E-state index is 13.7. The summed E-state index contributed by atoms with van der Waals surface area (Å²) < 4.78 is 0. The van der Waals surface area contributed by atoms with Gasteiger partial charge in [-0.2, -0.15) is 0 Å². The fourth-order valence-electron chi connectivity index (χ4n) is 4.08. The molecule has 1 heterocycles. The number of non-ortho nitro benzene ring substituents is 1. The number of imide groups is 1. The normalized spacial score (nSPS) is 16.4. The van der Waals surface area contributed by atoms with E-state index >= 15 is 0 Å². The zero-order valence-electron chi connectivity index (χ0n) is 18.1. The molecular weight excluding hydrogens is 458 g/mol. The number of carbonyl (C=O) groups is 3. The summed E-state index contributed by atoms with van der Waals surface area (Å²) in [5.74, 6) is -1.58. The minimum absolute atomic E-state index is 0.0576. The summed E-state index contributed by atoms with van der Waals surface area (Å²) in [7, 11) is 0. The second-order valence-corrected chi connectivity index (χ2v) is 8.31. The molecule has 3 aromatic carbocycles. The molecule has 0 radical (unpaired) electrons. The predicted octanol–water partition coefficient (Wildman–Crippen LogP) is 4.78. The Morgan fingerprint density at radius 2 is 1.74 bits per heavy atom. The number of carbonyl (C=O) groups excluding carboxylic acids is 3. The van der Waals surface area contributed by atoms with Crippen LogP contribution in [0, 0.1) is 10.1 Å². The number of benzene rings is 3. The Morgan fingerprint density at radius 1 is 1.06 bits per heavy atom. The lowest BCUT2D eigenvalue weighted by molar-refractivity contribution is -0.384. The average Bonchev–Trinajstić information content (AvgIpc) is 3.13. The van der Waals surface area contributed by atoms with Crippen LogP contribution < -0.4 is 4.90 Å². The van der Waals surface area contributed by atoms with Gasteiger partial charge in [-0.15, -0.1) is 0 Å². The molecule has 172 valence electrons. The zero-order chi connectivity index (χ0) is 24.4. The fourth-order valence-corrected chi connectivity index (χ4v) is 4.20. The van der Waals surface area contributed by atoms with Gasteiger partial charge in [-0.05, 0) is 42.8 Å². The molecule has 2 unspecified atom stereocenters. The summed E-state index contributed by atoms with van der Waals surface area (Å²) in [5.41, 5.74) is 0.931. The summed E-state index contributed by atoms with van der Waals surface area (Å²) in [6, 6.07) is 19.0. The van der Waals surface area contributed by atoms with Crippen LogP contribution >= 0.6 is 11.6 Å². The van der Waals surface area contributed by atoms with E-state index in [1.54, 1.807) is 31.2 Å². The molecule has 9 heteroatoms. The van der Waals surface area contributed by atoms with Crippen molar-refractivity contribution in [3.63, 3.8) is 0 Å². The number of nitro benzene ring substituents is 1. The lowest BCUT2D eigenvalue weighted by Gasteiger charge is -2.33. The number of hydrogen-bond donors (Lipinski definition) is 0. The van der Waals surface area contributed by atoms with Gasteiger partial charge in [0, 0.05) is 22.7 Å². The average molecular weight is 478 g/mol. The summed E-state index contributed by atoms with van der Waals surface area (Å²) >= 11 is 5.93. The molecule has 0 aromatic heterocycles. The fraction of sp³-hybridized carbons (Fsp3) is 0.160. The van der Waals surface area contributed by atoms with Crippen molar-refractivity contribution in [3.8, 4) is 0 Å². The van der Waals surface area contributed by atoms with Crippen molar-refractivity contribution >= 4 is 40.7 Å². The van der Waals surface area contributed by atoms with E-state index in [1.165, 1.54) is 29.2 Å². The highest BCUT2D eigenvalue weighted by Crippen LogP contribution is 2.33. The van der Waals surface area contributed by atoms with Gasteiger partial charge in [0.25, 0.3) is 17.5 Å². The molecule has 0 N–H and O–H groups in total. The standard InChI is InChI=1S/C25H20ClN3O5/c1-16(17-6-3-2-4-7-17)27(24(31)18-8-5-9-21(14-18)29(33)34)22-15-23(30)28(25(22)32)20-12-10-19(26)11-13-20/h2-14,16,22H,15H2,1H3. The monoisotopic (exact) mass is 477 g/mol. The molecule has 2 atom stereocenters. The van der Waals surface area contributed by atoms with Crippen molar-refractivity contribution in [2.45, 2.75) is 25.4 Å². The Hall–Kier alpha value is -4.04. The van der Waals surface area contributed by atoms with Gasteiger partial charge in [-0.3, -0.25) is 24.5 Å². The third-order valence-electron chi connectivity index (χ3n) is 5.78. The highest BCUT2D eigenvalue weighted by molar-refractivity contribution is 6.31. The molecule has 34 heavy (non-hydrogen) atoms. The van der Waals surface area contributed by atoms with Crippen LogP contribution in [0.25, 0.3) is 0 Å². The number of nitrogens with zero attached hydrogens (tertiary/aromatic N) is 3. The smallest absolute Gasteiger partial charge is 0.270 e. The highest BCUT2D eigenvalue weighted by atomic mass is 35.5. The van der Waals surface area contributed by atoms with Gasteiger partial charge in [0.15, 0.2) is 0 Å². The van der Waals surface area contributed by atoms with Gasteiger partial charge >= 0.3 is 0 Å². The van der Waals surface area contributed by atoms with Crippen molar-refractivity contribution in [2.75, 3.05) is 4.90 Å². The maximum atomic E-state index is 13.7. The molecular formula is C25H20ClN3O5. The van der Waals surface area contributed by atoms with Crippen LogP contribution in [-0.4, -0.2) is 33.6 Å². The van der Waals surface area contributed by atoms with Gasteiger partial charge < -0.3 is 4.90 Å². The Kier molecular flexibility index (Phi) is 6.43. The Labute approximate surface area is 200 Å². The number of anilines is 1. The van der Waals surface area contributed by atoms with E-state index < -0.39 is 34.7 Å². The van der Waals surface area contributed by atoms with Gasteiger partial charge in [-0.1, -0.05) is 48.0 Å². The largest absolute Gasteiger partial charge is 0.319 e. The molecule has 0 bridgehead atoms. The second kappa shape index (κ2) is 9.44. The number of halogens is 1. The minimum Gasteiger partial charge on any atom is -0.319 e. The molecule has 4 rings (SSSR count). The van der Waals surface area contributed by atoms with Gasteiger partial charge in [0.1, 0.15) is 6.04 Å². The summed E-state index contributed by atoms with van der Waals surface area (Å²) in [6.45, 7) is 1.76. The van der Waals surface area contributed by atoms with Gasteiger partial charge in [-0.25, -0.2) is 4.90 Å². The Bertz CT molecular complexity index is 1260. The first-order valence-electron chi connectivity index (χ1n) is 10.5. The van der Waals surface area contributed by atoms with Crippen molar-refractivity contribution in [2.24, 2.45) is 0 Å².